The normalized spacial score (nSPS) is 10.9. The molecule has 0 atom stereocenters. The van der Waals surface area contributed by atoms with Gasteiger partial charge in [-0.05, 0) is 38.1 Å². The highest BCUT2D eigenvalue weighted by molar-refractivity contribution is 5.48. The molecular formula is C15H17N5O2. The van der Waals surface area contributed by atoms with Crippen LogP contribution >= 0.6 is 0 Å². The molecule has 0 spiro atoms. The first-order valence-corrected chi connectivity index (χ1v) is 6.95. The van der Waals surface area contributed by atoms with Gasteiger partial charge < -0.3 is 14.8 Å². The van der Waals surface area contributed by atoms with Crippen molar-refractivity contribution < 1.29 is 9.52 Å². The van der Waals surface area contributed by atoms with Crippen LogP contribution < -0.4 is 5.32 Å². The van der Waals surface area contributed by atoms with Crippen molar-refractivity contribution in [2.24, 2.45) is 0 Å². The lowest BCUT2D eigenvalue weighted by molar-refractivity contribution is 0.276. The van der Waals surface area contributed by atoms with Crippen LogP contribution in [0.4, 0.5) is 5.69 Å². The molecule has 2 aromatic heterocycles. The largest absolute Gasteiger partial charge is 0.444 e. The summed E-state index contributed by atoms with van der Waals surface area (Å²) in [4.78, 5) is 4.33. The van der Waals surface area contributed by atoms with Gasteiger partial charge in [-0.15, -0.1) is 5.10 Å². The molecule has 0 unspecified atom stereocenters. The summed E-state index contributed by atoms with van der Waals surface area (Å²) in [7, 11) is 0. The molecule has 0 aliphatic heterocycles. The summed E-state index contributed by atoms with van der Waals surface area (Å²) in [5, 5.41) is 20.1. The second-order valence-electron chi connectivity index (χ2n) is 4.96. The van der Waals surface area contributed by atoms with Crippen LogP contribution in [0.5, 0.6) is 0 Å². The van der Waals surface area contributed by atoms with E-state index >= 15 is 0 Å². The molecule has 0 saturated carbocycles. The van der Waals surface area contributed by atoms with Gasteiger partial charge in [-0.2, -0.15) is 0 Å². The maximum atomic E-state index is 9.00. The summed E-state index contributed by atoms with van der Waals surface area (Å²) >= 11 is 0. The standard InChI is InChI=1S/C15H17N5O2/c1-10-11(2)22-15(17-10)7-16-12-3-5-14(6-4-12)20-8-13(9-21)18-19-20/h3-6,8,16,21H,7,9H2,1-2H3. The number of hydrogen-bond donors (Lipinski definition) is 2. The van der Waals surface area contributed by atoms with E-state index in [1.54, 1.807) is 10.9 Å². The van der Waals surface area contributed by atoms with E-state index in [1.165, 1.54) is 0 Å². The molecule has 0 saturated heterocycles. The molecule has 3 rings (SSSR count). The summed E-state index contributed by atoms with van der Waals surface area (Å²) in [5.41, 5.74) is 3.29. The fraction of sp³-hybridized carbons (Fsp3) is 0.267. The van der Waals surface area contributed by atoms with Crippen molar-refractivity contribution in [3.8, 4) is 5.69 Å². The van der Waals surface area contributed by atoms with Crippen molar-refractivity contribution in [1.82, 2.24) is 20.0 Å². The van der Waals surface area contributed by atoms with Gasteiger partial charge >= 0.3 is 0 Å². The number of hydrogen-bond acceptors (Lipinski definition) is 6. The Bertz CT molecular complexity index is 741. The molecule has 1 aromatic carbocycles. The summed E-state index contributed by atoms with van der Waals surface area (Å²) in [6, 6.07) is 7.73. The Morgan fingerprint density at radius 1 is 1.23 bits per heavy atom. The summed E-state index contributed by atoms with van der Waals surface area (Å²) < 4.78 is 7.15. The minimum Gasteiger partial charge on any atom is -0.444 e. The van der Waals surface area contributed by atoms with Crippen molar-refractivity contribution in [3.63, 3.8) is 0 Å². The highest BCUT2D eigenvalue weighted by atomic mass is 16.4. The van der Waals surface area contributed by atoms with Crippen LogP contribution in [0, 0.1) is 13.8 Å². The summed E-state index contributed by atoms with van der Waals surface area (Å²) in [6.45, 7) is 4.25. The number of rotatable bonds is 5. The van der Waals surface area contributed by atoms with Gasteiger partial charge in [0.25, 0.3) is 0 Å². The lowest BCUT2D eigenvalue weighted by atomic mass is 10.3. The Balaban J connectivity index is 1.66. The topological polar surface area (TPSA) is 89.0 Å². The molecule has 0 amide bonds. The van der Waals surface area contributed by atoms with Crippen LogP contribution in [0.3, 0.4) is 0 Å². The number of aryl methyl sites for hydroxylation is 2. The number of anilines is 1. The van der Waals surface area contributed by atoms with Crippen LogP contribution in [0.25, 0.3) is 5.69 Å². The quantitative estimate of drug-likeness (QED) is 0.749. The van der Waals surface area contributed by atoms with E-state index in [4.69, 9.17) is 9.52 Å². The second-order valence-corrected chi connectivity index (χ2v) is 4.96. The maximum absolute atomic E-state index is 9.00. The van der Waals surface area contributed by atoms with Gasteiger partial charge in [0.2, 0.25) is 5.89 Å². The molecule has 114 valence electrons. The fourth-order valence-electron chi connectivity index (χ4n) is 2.02. The Kier molecular flexibility index (Phi) is 3.88. The zero-order chi connectivity index (χ0) is 15.5. The minimum atomic E-state index is -0.116. The molecule has 7 heteroatoms. The molecule has 7 nitrogen and oxygen atoms in total. The van der Waals surface area contributed by atoms with Crippen LogP contribution in [-0.4, -0.2) is 25.1 Å². The van der Waals surface area contributed by atoms with Crippen LogP contribution in [0.15, 0.2) is 34.9 Å². The Hall–Kier alpha value is -2.67. The molecular weight excluding hydrogens is 282 g/mol. The first-order chi connectivity index (χ1) is 10.7. The van der Waals surface area contributed by atoms with Crippen molar-refractivity contribution in [2.75, 3.05) is 5.32 Å². The third-order valence-corrected chi connectivity index (χ3v) is 3.35. The van der Waals surface area contributed by atoms with Gasteiger partial charge in [0, 0.05) is 5.69 Å². The third kappa shape index (κ3) is 2.99. The molecule has 0 bridgehead atoms. The smallest absolute Gasteiger partial charge is 0.213 e. The number of nitrogens with one attached hydrogen (secondary N) is 1. The number of aliphatic hydroxyl groups is 1. The molecule has 3 aromatic rings. The molecule has 2 N–H and O–H groups in total. The van der Waals surface area contributed by atoms with Crippen molar-refractivity contribution in [1.29, 1.82) is 0 Å². The number of aliphatic hydroxyl groups excluding tert-OH is 1. The maximum Gasteiger partial charge on any atom is 0.213 e. The average molecular weight is 299 g/mol. The van der Waals surface area contributed by atoms with E-state index in [2.05, 4.69) is 20.6 Å². The van der Waals surface area contributed by atoms with Gasteiger partial charge in [0.1, 0.15) is 11.5 Å². The van der Waals surface area contributed by atoms with Crippen molar-refractivity contribution in [2.45, 2.75) is 27.0 Å². The fourth-order valence-corrected chi connectivity index (χ4v) is 2.02. The number of oxazole rings is 1. The predicted molar refractivity (Wildman–Crippen MR) is 80.6 cm³/mol. The monoisotopic (exact) mass is 299 g/mol. The third-order valence-electron chi connectivity index (χ3n) is 3.35. The van der Waals surface area contributed by atoms with Crippen LogP contribution in [0.1, 0.15) is 23.0 Å². The second kappa shape index (κ2) is 5.98. The number of aromatic nitrogens is 4. The number of nitrogens with zero attached hydrogens (tertiary/aromatic N) is 4. The van der Waals surface area contributed by atoms with Gasteiger partial charge in [-0.3, -0.25) is 0 Å². The van der Waals surface area contributed by atoms with Crippen molar-refractivity contribution >= 4 is 5.69 Å². The molecule has 0 aliphatic carbocycles. The van der Waals surface area contributed by atoms with Crippen LogP contribution in [0.2, 0.25) is 0 Å². The number of benzene rings is 1. The van der Waals surface area contributed by atoms with E-state index in [0.29, 0.717) is 18.1 Å². The average Bonchev–Trinajstić information content (AvgIpc) is 3.13. The molecule has 22 heavy (non-hydrogen) atoms. The highest BCUT2D eigenvalue weighted by Gasteiger charge is 2.05. The lowest BCUT2D eigenvalue weighted by Gasteiger charge is -2.05. The van der Waals surface area contributed by atoms with Gasteiger partial charge in [-0.1, -0.05) is 5.21 Å². The van der Waals surface area contributed by atoms with Gasteiger partial charge in [0.05, 0.1) is 30.7 Å². The van der Waals surface area contributed by atoms with E-state index in [9.17, 15) is 0 Å². The predicted octanol–water partition coefficient (Wildman–Crippen LogP) is 1.98. The highest BCUT2D eigenvalue weighted by Crippen LogP contribution is 2.15. The Labute approximate surface area is 127 Å². The van der Waals surface area contributed by atoms with E-state index in [0.717, 1.165) is 22.8 Å². The molecule has 0 fully saturated rings. The SMILES string of the molecule is Cc1nc(CNc2ccc(-n3cc(CO)nn3)cc2)oc1C. The van der Waals surface area contributed by atoms with E-state index in [1.807, 2.05) is 38.1 Å². The lowest BCUT2D eigenvalue weighted by Crippen LogP contribution is -2.00. The summed E-state index contributed by atoms with van der Waals surface area (Å²) in [5.74, 6) is 1.51. The van der Waals surface area contributed by atoms with Gasteiger partial charge in [-0.25, -0.2) is 9.67 Å². The van der Waals surface area contributed by atoms with Crippen molar-refractivity contribution in [3.05, 3.63) is 53.5 Å². The first-order valence-electron chi connectivity index (χ1n) is 6.95. The zero-order valence-electron chi connectivity index (χ0n) is 12.4. The molecule has 0 aliphatic rings. The minimum absolute atomic E-state index is 0.116. The molecule has 2 heterocycles. The Morgan fingerprint density at radius 2 is 2.00 bits per heavy atom. The summed E-state index contributed by atoms with van der Waals surface area (Å²) in [6.07, 6.45) is 1.70. The zero-order valence-corrected chi connectivity index (χ0v) is 12.4. The van der Waals surface area contributed by atoms with Gasteiger partial charge in [0.15, 0.2) is 0 Å². The Morgan fingerprint density at radius 3 is 2.59 bits per heavy atom. The molecule has 0 radical (unpaired) electrons. The van der Waals surface area contributed by atoms with E-state index in [-0.39, 0.29) is 6.61 Å². The van der Waals surface area contributed by atoms with E-state index < -0.39 is 0 Å². The van der Waals surface area contributed by atoms with Crippen LogP contribution in [-0.2, 0) is 13.2 Å². The first kappa shape index (κ1) is 14.3.